The zero-order chi connectivity index (χ0) is 14.0. The number of hydrogen-bond acceptors (Lipinski definition) is 4. The predicted molar refractivity (Wildman–Crippen MR) is 77.3 cm³/mol. The Morgan fingerprint density at radius 3 is 2.84 bits per heavy atom. The lowest BCUT2D eigenvalue weighted by atomic mass is 10.2. The van der Waals surface area contributed by atoms with Crippen molar-refractivity contribution in [2.45, 2.75) is 23.8 Å². The minimum atomic E-state index is -3.57. The summed E-state index contributed by atoms with van der Waals surface area (Å²) in [5.41, 5.74) is 6.03. The summed E-state index contributed by atoms with van der Waals surface area (Å²) < 4.78 is 32.4. The molecule has 1 unspecified atom stereocenters. The standard InChI is InChI=1S/C12H17BrN2O3S/c1-15(8-10-3-2-6-18-10)19(16,17)12-5-4-9(13)7-11(12)14/h4-5,7,10H,2-3,6,8,14H2,1H3. The maximum absolute atomic E-state index is 12.4. The molecule has 1 aromatic carbocycles. The van der Waals surface area contributed by atoms with E-state index in [9.17, 15) is 8.42 Å². The van der Waals surface area contributed by atoms with Crippen molar-refractivity contribution in [2.24, 2.45) is 0 Å². The molecule has 0 amide bonds. The highest BCUT2D eigenvalue weighted by atomic mass is 79.9. The van der Waals surface area contributed by atoms with Gasteiger partial charge in [0.25, 0.3) is 0 Å². The maximum Gasteiger partial charge on any atom is 0.244 e. The number of halogens is 1. The molecular formula is C12H17BrN2O3S. The molecule has 0 bridgehead atoms. The van der Waals surface area contributed by atoms with E-state index in [-0.39, 0.29) is 16.7 Å². The number of sulfonamides is 1. The molecule has 0 spiro atoms. The molecule has 1 fully saturated rings. The van der Waals surface area contributed by atoms with Gasteiger partial charge >= 0.3 is 0 Å². The minimum Gasteiger partial charge on any atom is -0.398 e. The first-order chi connectivity index (χ1) is 8.91. The first-order valence-electron chi connectivity index (χ1n) is 6.04. The summed E-state index contributed by atoms with van der Waals surface area (Å²) in [5, 5.41) is 0. The van der Waals surface area contributed by atoms with Crippen molar-refractivity contribution in [3.8, 4) is 0 Å². The number of anilines is 1. The number of hydrogen-bond donors (Lipinski definition) is 1. The molecule has 2 rings (SSSR count). The highest BCUT2D eigenvalue weighted by Crippen LogP contribution is 2.26. The van der Waals surface area contributed by atoms with Gasteiger partial charge in [0.1, 0.15) is 4.90 Å². The van der Waals surface area contributed by atoms with Crippen molar-refractivity contribution in [1.29, 1.82) is 0 Å². The molecule has 2 N–H and O–H groups in total. The Morgan fingerprint density at radius 2 is 2.26 bits per heavy atom. The smallest absolute Gasteiger partial charge is 0.244 e. The maximum atomic E-state index is 12.4. The summed E-state index contributed by atoms with van der Waals surface area (Å²) >= 11 is 3.26. The highest BCUT2D eigenvalue weighted by molar-refractivity contribution is 9.10. The molecule has 106 valence electrons. The van der Waals surface area contributed by atoms with Crippen LogP contribution >= 0.6 is 15.9 Å². The molecule has 0 aromatic heterocycles. The summed E-state index contributed by atoms with van der Waals surface area (Å²) in [6.45, 7) is 1.07. The van der Waals surface area contributed by atoms with Crippen LogP contribution in [-0.2, 0) is 14.8 Å². The zero-order valence-electron chi connectivity index (χ0n) is 10.7. The van der Waals surface area contributed by atoms with Crippen LogP contribution in [0.15, 0.2) is 27.6 Å². The van der Waals surface area contributed by atoms with Gasteiger partial charge in [0.05, 0.1) is 11.8 Å². The molecule has 1 aliphatic rings. The molecule has 0 radical (unpaired) electrons. The van der Waals surface area contributed by atoms with Gasteiger partial charge in [0.2, 0.25) is 10.0 Å². The van der Waals surface area contributed by atoms with Crippen molar-refractivity contribution in [3.63, 3.8) is 0 Å². The van der Waals surface area contributed by atoms with Crippen molar-refractivity contribution >= 4 is 31.6 Å². The minimum absolute atomic E-state index is 0.0172. The number of rotatable bonds is 4. The van der Waals surface area contributed by atoms with Crippen molar-refractivity contribution in [1.82, 2.24) is 4.31 Å². The van der Waals surface area contributed by atoms with Crippen LogP contribution in [0.5, 0.6) is 0 Å². The van der Waals surface area contributed by atoms with Crippen LogP contribution in [0.3, 0.4) is 0 Å². The Bertz CT molecular complexity index is 556. The van der Waals surface area contributed by atoms with Crippen LogP contribution in [0.25, 0.3) is 0 Å². The summed E-state index contributed by atoms with van der Waals surface area (Å²) in [4.78, 5) is 0.135. The van der Waals surface area contributed by atoms with Gasteiger partial charge in [0, 0.05) is 24.7 Å². The van der Waals surface area contributed by atoms with Gasteiger partial charge in [-0.1, -0.05) is 15.9 Å². The van der Waals surface area contributed by atoms with E-state index < -0.39 is 10.0 Å². The lowest BCUT2D eigenvalue weighted by Gasteiger charge is -2.21. The molecule has 1 aliphatic heterocycles. The third-order valence-electron chi connectivity index (χ3n) is 3.14. The third-order valence-corrected chi connectivity index (χ3v) is 5.54. The van der Waals surface area contributed by atoms with E-state index in [1.165, 1.54) is 10.4 Å². The van der Waals surface area contributed by atoms with E-state index in [2.05, 4.69) is 15.9 Å². The fourth-order valence-electron chi connectivity index (χ4n) is 2.10. The second-order valence-corrected chi connectivity index (χ2v) is 7.53. The number of benzene rings is 1. The number of ether oxygens (including phenoxy) is 1. The van der Waals surface area contributed by atoms with Gasteiger partial charge in [-0.25, -0.2) is 8.42 Å². The summed E-state index contributed by atoms with van der Waals surface area (Å²) in [5.74, 6) is 0. The van der Waals surface area contributed by atoms with Crippen molar-refractivity contribution in [2.75, 3.05) is 25.9 Å². The van der Waals surface area contributed by atoms with E-state index in [0.29, 0.717) is 13.2 Å². The fourth-order valence-corrected chi connectivity index (χ4v) is 3.77. The second-order valence-electron chi connectivity index (χ2n) is 4.60. The first kappa shape index (κ1) is 14.8. The molecular weight excluding hydrogens is 332 g/mol. The molecule has 1 aromatic rings. The Hall–Kier alpha value is -0.630. The first-order valence-corrected chi connectivity index (χ1v) is 8.27. The molecule has 1 atom stereocenters. The topological polar surface area (TPSA) is 72.6 Å². The Labute approximate surface area is 121 Å². The molecule has 1 heterocycles. The van der Waals surface area contributed by atoms with Crippen LogP contribution in [0, 0.1) is 0 Å². The average molecular weight is 349 g/mol. The normalized spacial score (nSPS) is 20.1. The number of nitrogens with two attached hydrogens (primary N) is 1. The zero-order valence-corrected chi connectivity index (χ0v) is 13.1. The van der Waals surface area contributed by atoms with Crippen LogP contribution in [-0.4, -0.2) is 39.0 Å². The van der Waals surface area contributed by atoms with E-state index in [0.717, 1.165) is 17.3 Å². The van der Waals surface area contributed by atoms with Gasteiger partial charge in [-0.05, 0) is 31.0 Å². The Morgan fingerprint density at radius 1 is 1.53 bits per heavy atom. The quantitative estimate of drug-likeness (QED) is 0.842. The molecule has 7 heteroatoms. The van der Waals surface area contributed by atoms with Crippen LogP contribution < -0.4 is 5.73 Å². The number of nitrogen functional groups attached to an aromatic ring is 1. The summed E-state index contributed by atoms with van der Waals surface area (Å²) in [6.07, 6.45) is 1.87. The van der Waals surface area contributed by atoms with Crippen molar-refractivity contribution in [3.05, 3.63) is 22.7 Å². The van der Waals surface area contributed by atoms with Gasteiger partial charge in [-0.2, -0.15) is 4.31 Å². The Kier molecular flexibility index (Phi) is 4.50. The van der Waals surface area contributed by atoms with Gasteiger partial charge in [0.15, 0.2) is 0 Å². The van der Waals surface area contributed by atoms with E-state index >= 15 is 0 Å². The predicted octanol–water partition coefficient (Wildman–Crippen LogP) is 1.83. The summed E-state index contributed by atoms with van der Waals surface area (Å²) in [6, 6.07) is 4.77. The molecule has 0 saturated carbocycles. The molecule has 0 aliphatic carbocycles. The monoisotopic (exact) mass is 348 g/mol. The third kappa shape index (κ3) is 3.28. The van der Waals surface area contributed by atoms with Crippen molar-refractivity contribution < 1.29 is 13.2 Å². The fraction of sp³-hybridized carbons (Fsp3) is 0.500. The highest BCUT2D eigenvalue weighted by Gasteiger charge is 2.27. The van der Waals surface area contributed by atoms with E-state index in [1.807, 2.05) is 0 Å². The van der Waals surface area contributed by atoms with Crippen LogP contribution in [0.2, 0.25) is 0 Å². The second kappa shape index (κ2) is 5.78. The Balaban J connectivity index is 2.20. The van der Waals surface area contributed by atoms with Crippen LogP contribution in [0.1, 0.15) is 12.8 Å². The summed E-state index contributed by atoms with van der Waals surface area (Å²) in [7, 11) is -2.01. The van der Waals surface area contributed by atoms with E-state index in [4.69, 9.17) is 10.5 Å². The average Bonchev–Trinajstić information content (AvgIpc) is 2.81. The lowest BCUT2D eigenvalue weighted by molar-refractivity contribution is 0.0979. The molecule has 1 saturated heterocycles. The van der Waals surface area contributed by atoms with Gasteiger partial charge in [-0.15, -0.1) is 0 Å². The molecule has 5 nitrogen and oxygen atoms in total. The molecule has 19 heavy (non-hydrogen) atoms. The number of nitrogens with zero attached hydrogens (tertiary/aromatic N) is 1. The SMILES string of the molecule is CN(CC1CCCO1)S(=O)(=O)c1ccc(Br)cc1N. The lowest BCUT2D eigenvalue weighted by Crippen LogP contribution is -2.34. The van der Waals surface area contributed by atoms with E-state index in [1.54, 1.807) is 19.2 Å². The van der Waals surface area contributed by atoms with Gasteiger partial charge in [-0.3, -0.25) is 0 Å². The van der Waals surface area contributed by atoms with Crippen LogP contribution in [0.4, 0.5) is 5.69 Å². The van der Waals surface area contributed by atoms with Gasteiger partial charge < -0.3 is 10.5 Å². The largest absolute Gasteiger partial charge is 0.398 e. The number of likely N-dealkylation sites (N-methyl/N-ethyl adjacent to an activating group) is 1.